The zero-order chi connectivity index (χ0) is 30.3. The number of nitrogens with one attached hydrogen (secondary N) is 1. The van der Waals surface area contributed by atoms with E-state index in [0.717, 1.165) is 11.1 Å². The summed E-state index contributed by atoms with van der Waals surface area (Å²) in [5.41, 5.74) is 4.39. The number of carbonyl (C=O) groups is 2. The molecule has 0 unspecified atom stereocenters. The maximum Gasteiger partial charge on any atom is 0.326 e. The van der Waals surface area contributed by atoms with Crippen LogP contribution >= 0.6 is 0 Å². The number of benzene rings is 5. The van der Waals surface area contributed by atoms with Crippen molar-refractivity contribution in [2.45, 2.75) is 25.7 Å². The lowest BCUT2D eigenvalue weighted by molar-refractivity contribution is -0.139. The number of aliphatic carboxylic acids is 1. The molecule has 218 valence electrons. The molecule has 0 radical (unpaired) electrons. The second-order valence-electron chi connectivity index (χ2n) is 10.4. The Labute approximate surface area is 254 Å². The Kier molecular flexibility index (Phi) is 8.46. The number of carbonyl (C=O) groups excluding carboxylic acids is 1. The molecule has 5 aromatic carbocycles. The van der Waals surface area contributed by atoms with Crippen LogP contribution in [0.2, 0.25) is 0 Å². The number of para-hydroxylation sites is 2. The maximum atomic E-state index is 13.7. The second-order valence-corrected chi connectivity index (χ2v) is 10.4. The summed E-state index contributed by atoms with van der Waals surface area (Å²) < 4.78 is 12.3. The highest BCUT2D eigenvalue weighted by atomic mass is 16.5. The van der Waals surface area contributed by atoms with Crippen LogP contribution in [0.15, 0.2) is 127 Å². The zero-order valence-corrected chi connectivity index (χ0v) is 23.9. The van der Waals surface area contributed by atoms with Crippen LogP contribution in [0.3, 0.4) is 0 Å². The number of hydrogen-bond acceptors (Lipinski definition) is 5. The lowest BCUT2D eigenvalue weighted by Crippen LogP contribution is -2.42. The average molecular weight is 583 g/mol. The molecule has 1 aromatic heterocycles. The summed E-state index contributed by atoms with van der Waals surface area (Å²) in [6.45, 7) is 0.664. The summed E-state index contributed by atoms with van der Waals surface area (Å²) in [6, 6.07) is 38.5. The quantitative estimate of drug-likeness (QED) is 0.160. The number of hydrogen-bond donors (Lipinski definition) is 2. The van der Waals surface area contributed by atoms with Crippen LogP contribution in [0, 0.1) is 0 Å². The van der Waals surface area contributed by atoms with E-state index in [2.05, 4.69) is 10.3 Å². The highest BCUT2D eigenvalue weighted by Gasteiger charge is 2.24. The van der Waals surface area contributed by atoms with E-state index in [9.17, 15) is 14.7 Å². The first kappa shape index (κ1) is 28.4. The van der Waals surface area contributed by atoms with Crippen molar-refractivity contribution in [3.63, 3.8) is 0 Å². The van der Waals surface area contributed by atoms with Crippen molar-refractivity contribution >= 4 is 33.7 Å². The standard InChI is InChI=1S/C37H30N2O5/c40-36(35-28-15-7-9-17-30(28)38-31-18-10-8-16-29(31)35)39-32(37(41)42)21-27-19-20-33(43-23-25-11-3-1-4-12-25)34(22-27)44-24-26-13-5-2-6-14-26/h1-20,22,32H,21,23-24H2,(H,39,40)(H,41,42)/t32-/m1/s1. The van der Waals surface area contributed by atoms with Gasteiger partial charge in [-0.3, -0.25) is 4.79 Å². The van der Waals surface area contributed by atoms with Gasteiger partial charge < -0.3 is 19.9 Å². The van der Waals surface area contributed by atoms with Crippen LogP contribution in [-0.4, -0.2) is 28.0 Å². The van der Waals surface area contributed by atoms with E-state index in [1.54, 1.807) is 18.2 Å². The summed E-state index contributed by atoms with van der Waals surface area (Å²) in [7, 11) is 0. The van der Waals surface area contributed by atoms with Gasteiger partial charge in [-0.1, -0.05) is 103 Å². The summed E-state index contributed by atoms with van der Waals surface area (Å²) in [5, 5.41) is 14.2. The van der Waals surface area contributed by atoms with Crippen LogP contribution in [0.25, 0.3) is 21.8 Å². The van der Waals surface area contributed by atoms with Gasteiger partial charge in [0.1, 0.15) is 19.3 Å². The first-order valence-electron chi connectivity index (χ1n) is 14.3. The van der Waals surface area contributed by atoms with Gasteiger partial charge in [-0.15, -0.1) is 0 Å². The van der Waals surface area contributed by atoms with Crippen LogP contribution < -0.4 is 14.8 Å². The molecule has 1 atom stereocenters. The SMILES string of the molecule is O=C(N[C@H](Cc1ccc(OCc2ccccc2)c(OCc2ccccc2)c1)C(=O)O)c1c2ccccc2nc2ccccc12. The van der Waals surface area contributed by atoms with E-state index >= 15 is 0 Å². The van der Waals surface area contributed by atoms with Gasteiger partial charge in [-0.05, 0) is 41.0 Å². The molecular weight excluding hydrogens is 552 g/mol. The van der Waals surface area contributed by atoms with Crippen LogP contribution in [0.5, 0.6) is 11.5 Å². The smallest absolute Gasteiger partial charge is 0.326 e. The molecule has 6 rings (SSSR count). The van der Waals surface area contributed by atoms with E-state index in [1.807, 2.05) is 109 Å². The minimum Gasteiger partial charge on any atom is -0.485 e. The van der Waals surface area contributed by atoms with E-state index in [1.165, 1.54) is 0 Å². The third kappa shape index (κ3) is 6.52. The molecule has 0 fully saturated rings. The Morgan fingerprint density at radius 2 is 1.16 bits per heavy atom. The van der Waals surface area contributed by atoms with Gasteiger partial charge in [0, 0.05) is 17.2 Å². The maximum absolute atomic E-state index is 13.7. The first-order chi connectivity index (χ1) is 21.5. The number of amides is 1. The minimum atomic E-state index is -1.19. The normalized spacial score (nSPS) is 11.6. The van der Waals surface area contributed by atoms with E-state index in [0.29, 0.717) is 57.6 Å². The van der Waals surface area contributed by atoms with E-state index < -0.39 is 17.9 Å². The first-order valence-corrected chi connectivity index (χ1v) is 14.3. The highest BCUT2D eigenvalue weighted by molar-refractivity contribution is 6.16. The average Bonchev–Trinajstić information content (AvgIpc) is 3.06. The fourth-order valence-corrected chi connectivity index (χ4v) is 5.13. The number of nitrogens with zero attached hydrogens (tertiary/aromatic N) is 1. The molecule has 0 aliphatic heterocycles. The predicted octanol–water partition coefficient (Wildman–Crippen LogP) is 6.97. The fourth-order valence-electron chi connectivity index (χ4n) is 5.13. The molecular formula is C37H30N2O5. The fraction of sp³-hybridized carbons (Fsp3) is 0.108. The summed E-state index contributed by atoms with van der Waals surface area (Å²) in [5.74, 6) is -0.587. The molecule has 0 saturated heterocycles. The molecule has 6 aromatic rings. The van der Waals surface area contributed by atoms with Crippen molar-refractivity contribution in [1.29, 1.82) is 0 Å². The molecule has 1 amide bonds. The molecule has 0 bridgehead atoms. The molecule has 0 aliphatic carbocycles. The number of pyridine rings is 1. The van der Waals surface area contributed by atoms with E-state index in [4.69, 9.17) is 9.47 Å². The Morgan fingerprint density at radius 1 is 0.636 bits per heavy atom. The van der Waals surface area contributed by atoms with Crippen LogP contribution in [0.1, 0.15) is 27.0 Å². The van der Waals surface area contributed by atoms with Gasteiger partial charge in [0.05, 0.1) is 16.6 Å². The number of carboxylic acid groups (broad SMARTS) is 1. The Balaban J connectivity index is 1.26. The van der Waals surface area contributed by atoms with Gasteiger partial charge in [0.15, 0.2) is 11.5 Å². The topological polar surface area (TPSA) is 97.8 Å². The third-order valence-electron chi connectivity index (χ3n) is 7.34. The van der Waals surface area contributed by atoms with E-state index in [-0.39, 0.29) is 6.42 Å². The number of ether oxygens (including phenoxy) is 2. The van der Waals surface area contributed by atoms with Gasteiger partial charge in [-0.2, -0.15) is 0 Å². The minimum absolute atomic E-state index is 0.0443. The van der Waals surface area contributed by atoms with Crippen molar-refractivity contribution in [3.8, 4) is 11.5 Å². The van der Waals surface area contributed by atoms with Crippen molar-refractivity contribution in [1.82, 2.24) is 10.3 Å². The van der Waals surface area contributed by atoms with Gasteiger partial charge >= 0.3 is 5.97 Å². The van der Waals surface area contributed by atoms with Crippen LogP contribution in [-0.2, 0) is 24.4 Å². The van der Waals surface area contributed by atoms with Gasteiger partial charge in [0.25, 0.3) is 5.91 Å². The molecule has 44 heavy (non-hydrogen) atoms. The summed E-state index contributed by atoms with van der Waals surface area (Å²) in [6.07, 6.45) is 0.0443. The number of aromatic nitrogens is 1. The molecule has 0 saturated carbocycles. The lowest BCUT2D eigenvalue weighted by Gasteiger charge is -2.18. The van der Waals surface area contributed by atoms with Gasteiger partial charge in [-0.25, -0.2) is 9.78 Å². The Hall–Kier alpha value is -5.69. The molecule has 7 heteroatoms. The predicted molar refractivity (Wildman–Crippen MR) is 170 cm³/mol. The second kappa shape index (κ2) is 13.1. The number of fused-ring (bicyclic) bond motifs is 2. The van der Waals surface area contributed by atoms with Crippen LogP contribution in [0.4, 0.5) is 0 Å². The molecule has 0 aliphatic rings. The lowest BCUT2D eigenvalue weighted by atomic mass is 10.0. The van der Waals surface area contributed by atoms with Crippen molar-refractivity contribution in [3.05, 3.63) is 150 Å². The highest BCUT2D eigenvalue weighted by Crippen LogP contribution is 2.31. The molecule has 2 N–H and O–H groups in total. The monoisotopic (exact) mass is 582 g/mol. The molecule has 0 spiro atoms. The number of rotatable bonds is 11. The zero-order valence-electron chi connectivity index (χ0n) is 23.9. The number of carboxylic acids is 1. The largest absolute Gasteiger partial charge is 0.485 e. The van der Waals surface area contributed by atoms with Gasteiger partial charge in [0.2, 0.25) is 0 Å². The Morgan fingerprint density at radius 3 is 1.73 bits per heavy atom. The molecule has 7 nitrogen and oxygen atoms in total. The Bertz CT molecular complexity index is 1870. The van der Waals surface area contributed by atoms with Crippen molar-refractivity contribution in [2.24, 2.45) is 0 Å². The van der Waals surface area contributed by atoms with Crippen molar-refractivity contribution < 1.29 is 24.2 Å². The van der Waals surface area contributed by atoms with Crippen molar-refractivity contribution in [2.75, 3.05) is 0 Å². The summed E-state index contributed by atoms with van der Waals surface area (Å²) >= 11 is 0. The third-order valence-corrected chi connectivity index (χ3v) is 7.34. The summed E-state index contributed by atoms with van der Waals surface area (Å²) in [4.78, 5) is 30.8. The molecule has 1 heterocycles.